The normalized spacial score (nSPS) is 29.3. The van der Waals surface area contributed by atoms with E-state index in [1.54, 1.807) is 10.1 Å². The quantitative estimate of drug-likeness (QED) is 0.407. The predicted molar refractivity (Wildman–Crippen MR) is 99.4 cm³/mol. The predicted octanol–water partition coefficient (Wildman–Crippen LogP) is 4.03. The van der Waals surface area contributed by atoms with Crippen LogP contribution in [-0.4, -0.2) is 45.3 Å². The Labute approximate surface area is 171 Å². The van der Waals surface area contributed by atoms with Gasteiger partial charge in [-0.2, -0.15) is 0 Å². The number of aliphatic imine (C=N–C) groups is 2. The first-order chi connectivity index (χ1) is 14.0. The third-order valence-electron chi connectivity index (χ3n) is 6.36. The van der Waals surface area contributed by atoms with Gasteiger partial charge in [0.25, 0.3) is 0 Å². The molecule has 2 atom stereocenters. The van der Waals surface area contributed by atoms with Crippen molar-refractivity contribution < 1.29 is 27.2 Å². The van der Waals surface area contributed by atoms with Gasteiger partial charge < -0.3 is 9.68 Å². The van der Waals surface area contributed by atoms with Gasteiger partial charge in [-0.25, -0.2) is 27.5 Å². The molecule has 0 amide bonds. The van der Waals surface area contributed by atoms with Crippen LogP contribution in [0.3, 0.4) is 0 Å². The lowest BCUT2D eigenvalue weighted by molar-refractivity contribution is -0.126. The minimum Gasteiger partial charge on any atom is -0.383 e. The van der Waals surface area contributed by atoms with E-state index in [1.807, 2.05) is 27.7 Å². The molecule has 2 fully saturated rings. The van der Waals surface area contributed by atoms with Crippen LogP contribution in [0.5, 0.6) is 0 Å². The van der Waals surface area contributed by atoms with Crippen molar-refractivity contribution in [2.75, 3.05) is 0 Å². The molecule has 0 N–H and O–H groups in total. The summed E-state index contributed by atoms with van der Waals surface area (Å²) in [7, 11) is 0. The van der Waals surface area contributed by atoms with Gasteiger partial charge in [-0.1, -0.05) is 0 Å². The highest BCUT2D eigenvalue weighted by Gasteiger charge is 2.50. The maximum Gasteiger partial charge on any atom is 0.246 e. The van der Waals surface area contributed by atoms with Gasteiger partial charge in [0, 0.05) is 0 Å². The Bertz CT molecular complexity index is 928. The molecule has 2 saturated heterocycles. The molecule has 0 aromatic heterocycles. The minimum absolute atomic E-state index is 0.310. The van der Waals surface area contributed by atoms with Gasteiger partial charge in [-0.05, 0) is 53.4 Å². The van der Waals surface area contributed by atoms with Gasteiger partial charge in [0.1, 0.15) is 12.3 Å². The summed E-state index contributed by atoms with van der Waals surface area (Å²) in [6.45, 7) is 7.70. The van der Waals surface area contributed by atoms with Crippen LogP contribution >= 0.6 is 0 Å². The van der Waals surface area contributed by atoms with Crippen molar-refractivity contribution in [3.63, 3.8) is 0 Å². The van der Waals surface area contributed by atoms with Crippen molar-refractivity contribution in [3.05, 3.63) is 34.4 Å². The standard InChI is InChI=1S/C20H22F4N4O2/c1-19(2)7-5-9-25-17(29-27(9)19)11-12(14(22)16(24)15(23)13(11)21)18-26-10-6-8-20(3,4)28(10)30-18/h9-10H,5-8H2,1-4H3. The zero-order valence-electron chi connectivity index (χ0n) is 17.1. The molecule has 162 valence electrons. The van der Waals surface area contributed by atoms with Crippen molar-refractivity contribution in [2.45, 2.75) is 76.8 Å². The molecular formula is C20H22F4N4O2. The van der Waals surface area contributed by atoms with Gasteiger partial charge in [0.15, 0.2) is 23.3 Å². The number of fused-ring (bicyclic) bond motifs is 2. The molecule has 10 heteroatoms. The van der Waals surface area contributed by atoms with Crippen molar-refractivity contribution in [3.8, 4) is 0 Å². The highest BCUT2D eigenvalue weighted by atomic mass is 19.2. The number of hydrogen-bond donors (Lipinski definition) is 0. The SMILES string of the molecule is CC1(C)CCC2N=C(c3c(F)c(F)c(F)c(F)c3C3=NC4CCC(C)(C)N4O3)ON21. The van der Waals surface area contributed by atoms with E-state index in [9.17, 15) is 17.6 Å². The van der Waals surface area contributed by atoms with Crippen molar-refractivity contribution in [2.24, 2.45) is 9.98 Å². The molecule has 4 aliphatic rings. The summed E-state index contributed by atoms with van der Waals surface area (Å²) in [6.07, 6.45) is 2.04. The lowest BCUT2D eigenvalue weighted by Gasteiger charge is -2.29. The summed E-state index contributed by atoms with van der Waals surface area (Å²) >= 11 is 0. The van der Waals surface area contributed by atoms with E-state index in [0.717, 1.165) is 12.8 Å². The molecule has 5 rings (SSSR count). The zero-order valence-corrected chi connectivity index (χ0v) is 17.1. The second kappa shape index (κ2) is 6.16. The molecule has 1 aromatic carbocycles. The summed E-state index contributed by atoms with van der Waals surface area (Å²) in [5, 5.41) is 3.15. The van der Waals surface area contributed by atoms with Crippen molar-refractivity contribution >= 4 is 11.8 Å². The Kier molecular flexibility index (Phi) is 4.06. The molecular weight excluding hydrogens is 404 g/mol. The second-order valence-corrected chi connectivity index (χ2v) is 9.37. The molecule has 0 bridgehead atoms. The highest BCUT2D eigenvalue weighted by molar-refractivity contribution is 6.08. The number of hydroxylamine groups is 4. The van der Waals surface area contributed by atoms with Crippen LogP contribution in [0.4, 0.5) is 17.6 Å². The Morgan fingerprint density at radius 2 is 1.07 bits per heavy atom. The fourth-order valence-electron chi connectivity index (χ4n) is 4.59. The molecule has 4 aliphatic heterocycles. The van der Waals surface area contributed by atoms with E-state index in [0.29, 0.717) is 12.8 Å². The Morgan fingerprint density at radius 1 is 0.700 bits per heavy atom. The van der Waals surface area contributed by atoms with Gasteiger partial charge in [0.2, 0.25) is 11.8 Å². The summed E-state index contributed by atoms with van der Waals surface area (Å²) in [6, 6.07) is 0. The summed E-state index contributed by atoms with van der Waals surface area (Å²) in [5.74, 6) is -7.64. The molecule has 0 spiro atoms. The maximum atomic E-state index is 14.9. The monoisotopic (exact) mass is 426 g/mol. The summed E-state index contributed by atoms with van der Waals surface area (Å²) in [5.41, 5.74) is -2.01. The van der Waals surface area contributed by atoms with Crippen LogP contribution in [0, 0.1) is 23.3 Å². The van der Waals surface area contributed by atoms with Crippen LogP contribution in [-0.2, 0) is 9.68 Å². The van der Waals surface area contributed by atoms with E-state index >= 15 is 0 Å². The lowest BCUT2D eigenvalue weighted by Crippen LogP contribution is -2.40. The van der Waals surface area contributed by atoms with E-state index in [4.69, 9.17) is 9.68 Å². The fraction of sp³-hybridized carbons (Fsp3) is 0.600. The van der Waals surface area contributed by atoms with E-state index < -0.39 is 57.8 Å². The Balaban J connectivity index is 1.63. The highest BCUT2D eigenvalue weighted by Crippen LogP contribution is 2.42. The van der Waals surface area contributed by atoms with Gasteiger partial charge in [0.05, 0.1) is 22.2 Å². The van der Waals surface area contributed by atoms with E-state index in [-0.39, 0.29) is 11.8 Å². The average molecular weight is 426 g/mol. The van der Waals surface area contributed by atoms with E-state index in [1.165, 1.54) is 0 Å². The molecule has 6 nitrogen and oxygen atoms in total. The maximum absolute atomic E-state index is 14.9. The van der Waals surface area contributed by atoms with E-state index in [2.05, 4.69) is 9.98 Å². The number of halogens is 4. The fourth-order valence-corrected chi connectivity index (χ4v) is 4.59. The minimum atomic E-state index is -1.93. The van der Waals surface area contributed by atoms with Crippen LogP contribution in [0.15, 0.2) is 9.98 Å². The molecule has 1 aromatic rings. The van der Waals surface area contributed by atoms with Gasteiger partial charge in [-0.15, -0.1) is 10.1 Å². The smallest absolute Gasteiger partial charge is 0.246 e. The van der Waals surface area contributed by atoms with Gasteiger partial charge in [-0.3, -0.25) is 0 Å². The van der Waals surface area contributed by atoms with Crippen molar-refractivity contribution in [1.82, 2.24) is 10.1 Å². The van der Waals surface area contributed by atoms with Crippen LogP contribution in [0.2, 0.25) is 0 Å². The van der Waals surface area contributed by atoms with Gasteiger partial charge >= 0.3 is 0 Å². The molecule has 30 heavy (non-hydrogen) atoms. The molecule has 0 radical (unpaired) electrons. The first-order valence-corrected chi connectivity index (χ1v) is 9.98. The van der Waals surface area contributed by atoms with Crippen molar-refractivity contribution in [1.29, 1.82) is 0 Å². The molecule has 2 unspecified atom stereocenters. The third-order valence-corrected chi connectivity index (χ3v) is 6.36. The molecule has 4 heterocycles. The van der Waals surface area contributed by atoms with Crippen LogP contribution in [0.25, 0.3) is 0 Å². The number of benzene rings is 1. The average Bonchev–Trinajstić information content (AvgIpc) is 3.41. The zero-order chi connectivity index (χ0) is 21.6. The number of rotatable bonds is 2. The largest absolute Gasteiger partial charge is 0.383 e. The molecule has 0 aliphatic carbocycles. The first kappa shape index (κ1) is 19.7. The first-order valence-electron chi connectivity index (χ1n) is 9.98. The summed E-state index contributed by atoms with van der Waals surface area (Å²) in [4.78, 5) is 20.1. The number of hydrogen-bond acceptors (Lipinski definition) is 6. The van der Waals surface area contributed by atoms with Crippen LogP contribution < -0.4 is 0 Å². The van der Waals surface area contributed by atoms with Crippen LogP contribution in [0.1, 0.15) is 64.5 Å². The molecule has 0 saturated carbocycles. The number of nitrogens with zero attached hydrogens (tertiary/aromatic N) is 4. The lowest BCUT2D eigenvalue weighted by atomic mass is 10.0. The Morgan fingerprint density at radius 3 is 1.40 bits per heavy atom. The summed E-state index contributed by atoms with van der Waals surface area (Å²) < 4.78 is 58.2. The third kappa shape index (κ3) is 2.62. The Hall–Kier alpha value is -2.20. The topological polar surface area (TPSA) is 49.7 Å². The second-order valence-electron chi connectivity index (χ2n) is 9.37.